The number of carbonyl (C=O) groups is 3. The molecule has 0 radical (unpaired) electrons. The highest BCUT2D eigenvalue weighted by Crippen LogP contribution is 2.15. The fraction of sp³-hybridized carbons (Fsp3) is 0.727. The second-order valence-electron chi connectivity index (χ2n) is 3.90. The molecule has 0 aliphatic carbocycles. The lowest BCUT2D eigenvalue weighted by atomic mass is 9.93. The molecule has 5 nitrogen and oxygen atoms in total. The summed E-state index contributed by atoms with van der Waals surface area (Å²) in [6.45, 7) is 1.86. The van der Waals surface area contributed by atoms with Gasteiger partial charge in [-0.2, -0.15) is 0 Å². The Balaban J connectivity index is 3.76. The Morgan fingerprint density at radius 1 is 1.06 bits per heavy atom. The van der Waals surface area contributed by atoms with Gasteiger partial charge in [-0.05, 0) is 19.3 Å². The highest BCUT2D eigenvalue weighted by Gasteiger charge is 2.20. The SMILES string of the molecule is CCC(CCCCCC(N)=O)C(=O)C(N)=O. The highest BCUT2D eigenvalue weighted by atomic mass is 16.2. The molecule has 4 N–H and O–H groups in total. The van der Waals surface area contributed by atoms with Crippen LogP contribution in [0.4, 0.5) is 0 Å². The lowest BCUT2D eigenvalue weighted by Crippen LogP contribution is -2.29. The lowest BCUT2D eigenvalue weighted by molar-refractivity contribution is -0.138. The average molecular weight is 228 g/mol. The molecular weight excluding hydrogens is 208 g/mol. The molecule has 0 aromatic heterocycles. The van der Waals surface area contributed by atoms with E-state index in [-0.39, 0.29) is 11.8 Å². The molecule has 2 amide bonds. The number of hydrogen-bond donors (Lipinski definition) is 2. The molecule has 0 saturated carbocycles. The first-order valence-corrected chi connectivity index (χ1v) is 5.61. The third-order valence-electron chi connectivity index (χ3n) is 2.58. The van der Waals surface area contributed by atoms with Crippen LogP contribution in [0.2, 0.25) is 0 Å². The summed E-state index contributed by atoms with van der Waals surface area (Å²) in [4.78, 5) is 32.4. The molecule has 5 heteroatoms. The number of primary amides is 2. The quantitative estimate of drug-likeness (QED) is 0.443. The molecule has 0 spiro atoms. The highest BCUT2D eigenvalue weighted by molar-refractivity contribution is 6.36. The minimum absolute atomic E-state index is 0.272. The number of Topliss-reactive ketones (excluding diaryl/α,β-unsaturated/α-hetero) is 1. The van der Waals surface area contributed by atoms with Crippen LogP contribution in [-0.2, 0) is 14.4 Å². The molecular formula is C11H20N2O3. The van der Waals surface area contributed by atoms with E-state index in [1.165, 1.54) is 0 Å². The topological polar surface area (TPSA) is 103 Å². The number of nitrogens with two attached hydrogens (primary N) is 2. The average Bonchev–Trinajstić information content (AvgIpc) is 2.22. The third kappa shape index (κ3) is 6.16. The van der Waals surface area contributed by atoms with Crippen LogP contribution in [0.3, 0.4) is 0 Å². The summed E-state index contributed by atoms with van der Waals surface area (Å²) in [5, 5.41) is 0. The zero-order chi connectivity index (χ0) is 12.6. The lowest BCUT2D eigenvalue weighted by Gasteiger charge is -2.10. The van der Waals surface area contributed by atoms with Crippen molar-refractivity contribution in [2.75, 3.05) is 0 Å². The first-order valence-electron chi connectivity index (χ1n) is 5.61. The molecule has 16 heavy (non-hydrogen) atoms. The van der Waals surface area contributed by atoms with E-state index in [0.29, 0.717) is 19.3 Å². The van der Waals surface area contributed by atoms with Crippen LogP contribution in [0.1, 0.15) is 45.4 Å². The first-order chi connectivity index (χ1) is 7.49. The van der Waals surface area contributed by atoms with Crippen molar-refractivity contribution in [2.45, 2.75) is 45.4 Å². The van der Waals surface area contributed by atoms with Crippen molar-refractivity contribution in [1.29, 1.82) is 0 Å². The Labute approximate surface area is 95.6 Å². The number of ketones is 1. The summed E-state index contributed by atoms with van der Waals surface area (Å²) in [5.74, 6) is -1.92. The second-order valence-corrected chi connectivity index (χ2v) is 3.90. The van der Waals surface area contributed by atoms with E-state index >= 15 is 0 Å². The Bertz CT molecular complexity index is 264. The molecule has 1 atom stereocenters. The fourth-order valence-corrected chi connectivity index (χ4v) is 1.59. The summed E-state index contributed by atoms with van der Waals surface area (Å²) in [7, 11) is 0. The van der Waals surface area contributed by atoms with Gasteiger partial charge >= 0.3 is 0 Å². The number of carbonyl (C=O) groups excluding carboxylic acids is 3. The Hall–Kier alpha value is -1.39. The maximum Gasteiger partial charge on any atom is 0.285 e. The van der Waals surface area contributed by atoms with Gasteiger partial charge in [0.25, 0.3) is 5.91 Å². The van der Waals surface area contributed by atoms with E-state index in [1.54, 1.807) is 0 Å². The summed E-state index contributed by atoms with van der Waals surface area (Å²) < 4.78 is 0. The van der Waals surface area contributed by atoms with Crippen molar-refractivity contribution in [3.8, 4) is 0 Å². The minimum Gasteiger partial charge on any atom is -0.370 e. The Morgan fingerprint density at radius 3 is 2.12 bits per heavy atom. The molecule has 0 aromatic carbocycles. The molecule has 0 aromatic rings. The first kappa shape index (κ1) is 14.6. The number of unbranched alkanes of at least 4 members (excludes halogenated alkanes) is 2. The van der Waals surface area contributed by atoms with E-state index < -0.39 is 11.7 Å². The van der Waals surface area contributed by atoms with Gasteiger partial charge in [0, 0.05) is 12.3 Å². The zero-order valence-corrected chi connectivity index (χ0v) is 9.70. The Kier molecular flexibility index (Phi) is 7.16. The monoisotopic (exact) mass is 228 g/mol. The van der Waals surface area contributed by atoms with E-state index in [1.807, 2.05) is 6.92 Å². The van der Waals surface area contributed by atoms with Gasteiger partial charge in [0.15, 0.2) is 0 Å². The molecule has 1 unspecified atom stereocenters. The number of rotatable bonds is 9. The van der Waals surface area contributed by atoms with Gasteiger partial charge in [0.05, 0.1) is 0 Å². The van der Waals surface area contributed by atoms with Crippen LogP contribution in [0, 0.1) is 5.92 Å². The molecule has 0 heterocycles. The number of amides is 2. The van der Waals surface area contributed by atoms with Crippen molar-refractivity contribution in [3.63, 3.8) is 0 Å². The van der Waals surface area contributed by atoms with Crippen LogP contribution in [-0.4, -0.2) is 17.6 Å². The van der Waals surface area contributed by atoms with Gasteiger partial charge < -0.3 is 11.5 Å². The molecule has 0 rings (SSSR count). The maximum absolute atomic E-state index is 11.3. The van der Waals surface area contributed by atoms with E-state index in [9.17, 15) is 14.4 Å². The smallest absolute Gasteiger partial charge is 0.285 e. The second kappa shape index (κ2) is 7.84. The molecule has 0 aliphatic heterocycles. The largest absolute Gasteiger partial charge is 0.370 e. The summed E-state index contributed by atoms with van der Waals surface area (Å²) in [6, 6.07) is 0. The van der Waals surface area contributed by atoms with Crippen molar-refractivity contribution in [3.05, 3.63) is 0 Å². The van der Waals surface area contributed by atoms with Gasteiger partial charge in [0.1, 0.15) is 0 Å². The molecule has 0 aliphatic rings. The van der Waals surface area contributed by atoms with Crippen LogP contribution >= 0.6 is 0 Å². The third-order valence-corrected chi connectivity index (χ3v) is 2.58. The minimum atomic E-state index is -0.857. The van der Waals surface area contributed by atoms with Crippen molar-refractivity contribution in [1.82, 2.24) is 0 Å². The van der Waals surface area contributed by atoms with Gasteiger partial charge in [-0.3, -0.25) is 14.4 Å². The predicted octanol–water partition coefficient (Wildman–Crippen LogP) is 0.503. The van der Waals surface area contributed by atoms with Crippen molar-refractivity contribution in [2.24, 2.45) is 17.4 Å². The standard InChI is InChI=1S/C11H20N2O3/c1-2-8(10(15)11(13)16)6-4-3-5-7-9(12)14/h8H,2-7H2,1H3,(H2,12,14)(H2,13,16). The van der Waals surface area contributed by atoms with Crippen LogP contribution in [0.5, 0.6) is 0 Å². The molecule has 0 saturated heterocycles. The van der Waals surface area contributed by atoms with E-state index in [2.05, 4.69) is 0 Å². The molecule has 92 valence electrons. The zero-order valence-electron chi connectivity index (χ0n) is 9.70. The normalized spacial score (nSPS) is 12.1. The van der Waals surface area contributed by atoms with E-state index in [0.717, 1.165) is 19.3 Å². The van der Waals surface area contributed by atoms with Gasteiger partial charge in [-0.25, -0.2) is 0 Å². The van der Waals surface area contributed by atoms with E-state index in [4.69, 9.17) is 11.5 Å². The van der Waals surface area contributed by atoms with Gasteiger partial charge in [-0.1, -0.05) is 19.8 Å². The van der Waals surface area contributed by atoms with Gasteiger partial charge in [0.2, 0.25) is 11.7 Å². The van der Waals surface area contributed by atoms with Crippen molar-refractivity contribution < 1.29 is 14.4 Å². The van der Waals surface area contributed by atoms with Crippen LogP contribution in [0.15, 0.2) is 0 Å². The van der Waals surface area contributed by atoms with Crippen LogP contribution in [0.25, 0.3) is 0 Å². The molecule has 0 fully saturated rings. The number of hydrogen-bond acceptors (Lipinski definition) is 3. The summed E-state index contributed by atoms with van der Waals surface area (Å²) in [6.07, 6.45) is 4.03. The molecule has 0 bridgehead atoms. The van der Waals surface area contributed by atoms with Gasteiger partial charge in [-0.15, -0.1) is 0 Å². The Morgan fingerprint density at radius 2 is 1.69 bits per heavy atom. The summed E-state index contributed by atoms with van der Waals surface area (Å²) >= 11 is 0. The summed E-state index contributed by atoms with van der Waals surface area (Å²) in [5.41, 5.74) is 9.93. The fourth-order valence-electron chi connectivity index (χ4n) is 1.59. The van der Waals surface area contributed by atoms with Crippen LogP contribution < -0.4 is 11.5 Å². The maximum atomic E-state index is 11.3. The predicted molar refractivity (Wildman–Crippen MR) is 60.3 cm³/mol. The van der Waals surface area contributed by atoms with Crippen molar-refractivity contribution >= 4 is 17.6 Å².